The van der Waals surface area contributed by atoms with Crippen LogP contribution in [0, 0.1) is 0 Å². The van der Waals surface area contributed by atoms with Gasteiger partial charge in [-0.05, 0) is 24.0 Å². The van der Waals surface area contributed by atoms with Crippen molar-refractivity contribution in [1.29, 1.82) is 0 Å². The van der Waals surface area contributed by atoms with Gasteiger partial charge in [-0.25, -0.2) is 13.6 Å². The third-order valence-corrected chi connectivity index (χ3v) is 4.40. The van der Waals surface area contributed by atoms with Gasteiger partial charge in [0.15, 0.2) is 0 Å². The first-order valence-corrected chi connectivity index (χ1v) is 7.50. The summed E-state index contributed by atoms with van der Waals surface area (Å²) in [6.07, 6.45) is 1.71. The molecule has 19 heavy (non-hydrogen) atoms. The maximum Gasteiger partial charge on any atom is 0.273 e. The Morgan fingerprint density at radius 3 is 2.26 bits per heavy atom. The minimum Gasteiger partial charge on any atom is -0.304 e. The van der Waals surface area contributed by atoms with Crippen molar-refractivity contribution >= 4 is 10.0 Å². The minimum absolute atomic E-state index is 0.158. The molecular formula is C12H14N4O2S. The molecule has 2 aromatic rings. The summed E-state index contributed by atoms with van der Waals surface area (Å²) < 4.78 is 24.2. The minimum atomic E-state index is -3.82. The number of primary sulfonamides is 1. The Labute approximate surface area is 111 Å². The third kappa shape index (κ3) is 2.04. The van der Waals surface area contributed by atoms with E-state index in [1.165, 1.54) is 15.7 Å². The third-order valence-electron chi connectivity index (χ3n) is 3.54. The zero-order valence-corrected chi connectivity index (χ0v) is 11.3. The van der Waals surface area contributed by atoms with Crippen molar-refractivity contribution in [3.8, 4) is 0 Å². The van der Waals surface area contributed by atoms with E-state index >= 15 is 0 Å². The Morgan fingerprint density at radius 1 is 1.21 bits per heavy atom. The topological polar surface area (TPSA) is 90.9 Å². The summed E-state index contributed by atoms with van der Waals surface area (Å²) in [5.41, 5.74) is 2.57. The van der Waals surface area contributed by atoms with Crippen molar-refractivity contribution in [2.75, 3.05) is 0 Å². The highest BCUT2D eigenvalue weighted by molar-refractivity contribution is 7.89. The first-order chi connectivity index (χ1) is 8.97. The van der Waals surface area contributed by atoms with Gasteiger partial charge in [0.2, 0.25) is 0 Å². The summed E-state index contributed by atoms with van der Waals surface area (Å²) in [5.74, 6) is 0.825. The number of nitrogens with two attached hydrogens (primary N) is 1. The highest BCUT2D eigenvalue weighted by atomic mass is 32.2. The van der Waals surface area contributed by atoms with Gasteiger partial charge in [-0.2, -0.15) is 0 Å². The molecule has 0 amide bonds. The molecule has 1 heterocycles. The average molecular weight is 278 g/mol. The van der Waals surface area contributed by atoms with Gasteiger partial charge in [0.1, 0.15) is 5.82 Å². The number of fused-ring (bicyclic) bond motifs is 1. The number of aromatic nitrogens is 3. The molecule has 1 aromatic carbocycles. The van der Waals surface area contributed by atoms with Gasteiger partial charge in [-0.1, -0.05) is 24.3 Å². The Hall–Kier alpha value is -1.73. The van der Waals surface area contributed by atoms with E-state index < -0.39 is 10.0 Å². The van der Waals surface area contributed by atoms with E-state index in [1.807, 2.05) is 12.1 Å². The maximum atomic E-state index is 11.4. The van der Waals surface area contributed by atoms with E-state index in [0.717, 1.165) is 12.8 Å². The molecule has 1 aliphatic rings. The average Bonchev–Trinajstić information content (AvgIpc) is 2.90. The molecule has 0 atom stereocenters. The van der Waals surface area contributed by atoms with Crippen LogP contribution in [0.4, 0.5) is 0 Å². The fourth-order valence-corrected chi connectivity index (χ4v) is 3.30. The van der Waals surface area contributed by atoms with Crippen molar-refractivity contribution in [3.63, 3.8) is 0 Å². The van der Waals surface area contributed by atoms with Crippen LogP contribution >= 0.6 is 0 Å². The second-order valence-corrected chi connectivity index (χ2v) is 6.27. The van der Waals surface area contributed by atoms with Crippen molar-refractivity contribution in [1.82, 2.24) is 14.8 Å². The lowest BCUT2D eigenvalue weighted by Gasteiger charge is -2.08. The van der Waals surface area contributed by atoms with E-state index in [2.05, 4.69) is 22.3 Å². The molecule has 3 rings (SSSR count). The zero-order chi connectivity index (χ0) is 13.6. The first-order valence-electron chi connectivity index (χ1n) is 5.95. The molecule has 100 valence electrons. The van der Waals surface area contributed by atoms with E-state index in [4.69, 9.17) is 5.14 Å². The molecule has 1 aromatic heterocycles. The SMILES string of the molecule is Cn1c(C2Cc3ccccc3C2)nnc1S(N)(=O)=O. The molecule has 0 saturated heterocycles. The normalized spacial score (nSPS) is 15.7. The van der Waals surface area contributed by atoms with Crippen LogP contribution < -0.4 is 5.14 Å². The number of benzene rings is 1. The molecule has 2 N–H and O–H groups in total. The smallest absolute Gasteiger partial charge is 0.273 e. The second-order valence-electron chi connectivity index (χ2n) is 4.82. The molecule has 0 unspecified atom stereocenters. The Bertz CT molecular complexity index is 711. The van der Waals surface area contributed by atoms with Crippen molar-refractivity contribution < 1.29 is 8.42 Å². The lowest BCUT2D eigenvalue weighted by Crippen LogP contribution is -2.18. The van der Waals surface area contributed by atoms with Crippen LogP contribution in [-0.2, 0) is 29.9 Å². The predicted molar refractivity (Wildman–Crippen MR) is 69.0 cm³/mol. The summed E-state index contributed by atoms with van der Waals surface area (Å²) in [5, 5.41) is 12.6. The van der Waals surface area contributed by atoms with Crippen LogP contribution in [-0.4, -0.2) is 23.2 Å². The van der Waals surface area contributed by atoms with Crippen LogP contribution in [0.15, 0.2) is 29.4 Å². The molecule has 0 saturated carbocycles. The van der Waals surface area contributed by atoms with Crippen LogP contribution in [0.25, 0.3) is 0 Å². The summed E-state index contributed by atoms with van der Waals surface area (Å²) >= 11 is 0. The Morgan fingerprint density at radius 2 is 1.79 bits per heavy atom. The van der Waals surface area contributed by atoms with Gasteiger partial charge in [-0.3, -0.25) is 0 Å². The largest absolute Gasteiger partial charge is 0.304 e. The summed E-state index contributed by atoms with van der Waals surface area (Å²) in [7, 11) is -2.18. The zero-order valence-electron chi connectivity index (χ0n) is 10.4. The monoisotopic (exact) mass is 278 g/mol. The Kier molecular flexibility index (Phi) is 2.68. The van der Waals surface area contributed by atoms with Gasteiger partial charge in [0.25, 0.3) is 15.2 Å². The van der Waals surface area contributed by atoms with Crippen LogP contribution in [0.5, 0.6) is 0 Å². The van der Waals surface area contributed by atoms with Gasteiger partial charge in [-0.15, -0.1) is 10.2 Å². The number of sulfonamides is 1. The van der Waals surface area contributed by atoms with E-state index in [1.54, 1.807) is 7.05 Å². The van der Waals surface area contributed by atoms with Gasteiger partial charge in [0.05, 0.1) is 0 Å². The lowest BCUT2D eigenvalue weighted by molar-refractivity contribution is 0.571. The van der Waals surface area contributed by atoms with Crippen molar-refractivity contribution in [2.45, 2.75) is 23.9 Å². The van der Waals surface area contributed by atoms with E-state index in [-0.39, 0.29) is 11.1 Å². The molecule has 0 aliphatic heterocycles. The van der Waals surface area contributed by atoms with Crippen LogP contribution in [0.3, 0.4) is 0 Å². The van der Waals surface area contributed by atoms with Gasteiger partial charge < -0.3 is 4.57 Å². The summed E-state index contributed by atoms with van der Waals surface area (Å²) in [6, 6.07) is 8.19. The number of hydrogen-bond acceptors (Lipinski definition) is 4. The lowest BCUT2D eigenvalue weighted by atomic mass is 10.1. The van der Waals surface area contributed by atoms with Gasteiger partial charge >= 0.3 is 0 Å². The van der Waals surface area contributed by atoms with Crippen LogP contribution in [0.2, 0.25) is 0 Å². The quantitative estimate of drug-likeness (QED) is 0.858. The molecule has 7 heteroatoms. The highest BCUT2D eigenvalue weighted by Gasteiger charge is 2.29. The molecule has 6 nitrogen and oxygen atoms in total. The van der Waals surface area contributed by atoms with Gasteiger partial charge in [0, 0.05) is 13.0 Å². The standard InChI is InChI=1S/C12H14N4O2S/c1-16-11(14-15-12(16)19(13,17)18)10-6-8-4-2-3-5-9(8)7-10/h2-5,10H,6-7H2,1H3,(H2,13,17,18). The fraction of sp³-hybridized carbons (Fsp3) is 0.333. The number of rotatable bonds is 2. The van der Waals surface area contributed by atoms with E-state index in [0.29, 0.717) is 5.82 Å². The summed E-state index contributed by atoms with van der Waals surface area (Å²) in [4.78, 5) is 0. The molecule has 0 radical (unpaired) electrons. The second kappa shape index (κ2) is 4.14. The predicted octanol–water partition coefficient (Wildman–Crippen LogP) is 0.345. The summed E-state index contributed by atoms with van der Waals surface area (Å²) in [6.45, 7) is 0. The maximum absolute atomic E-state index is 11.4. The first kappa shape index (κ1) is 12.3. The van der Waals surface area contributed by atoms with Crippen molar-refractivity contribution in [2.24, 2.45) is 12.2 Å². The number of nitrogens with zero attached hydrogens (tertiary/aromatic N) is 3. The van der Waals surface area contributed by atoms with E-state index in [9.17, 15) is 8.42 Å². The molecule has 0 bridgehead atoms. The molecular weight excluding hydrogens is 264 g/mol. The number of hydrogen-bond donors (Lipinski definition) is 1. The van der Waals surface area contributed by atoms with Crippen molar-refractivity contribution in [3.05, 3.63) is 41.2 Å². The fourth-order valence-electron chi connectivity index (χ4n) is 2.67. The molecule has 0 spiro atoms. The highest BCUT2D eigenvalue weighted by Crippen LogP contribution is 2.33. The Balaban J connectivity index is 1.97. The van der Waals surface area contributed by atoms with Crippen LogP contribution in [0.1, 0.15) is 22.9 Å². The molecule has 0 fully saturated rings. The molecule has 1 aliphatic carbocycles.